The zero-order valence-electron chi connectivity index (χ0n) is 11.4. The van der Waals surface area contributed by atoms with Crippen LogP contribution in [0.4, 0.5) is 0 Å². The van der Waals surface area contributed by atoms with Crippen molar-refractivity contribution in [2.45, 2.75) is 64.1 Å². The number of rotatable bonds is 1. The summed E-state index contributed by atoms with van der Waals surface area (Å²) in [7, 11) is 0. The third-order valence-corrected chi connectivity index (χ3v) is 5.12. The van der Waals surface area contributed by atoms with Crippen LogP contribution in [0.15, 0.2) is 12.2 Å². The first-order valence-corrected chi connectivity index (χ1v) is 6.84. The molecule has 0 saturated heterocycles. The Labute approximate surface area is 105 Å². The van der Waals surface area contributed by atoms with Crippen LogP contribution in [0.2, 0.25) is 0 Å². The molecule has 2 heteroatoms. The lowest BCUT2D eigenvalue weighted by molar-refractivity contribution is -0.0325. The molecule has 2 rings (SSSR count). The second-order valence-corrected chi connectivity index (χ2v) is 6.89. The molecule has 0 aromatic rings. The molecule has 2 aliphatic rings. The molecule has 2 N–H and O–H groups in total. The van der Waals surface area contributed by atoms with Crippen molar-refractivity contribution in [3.63, 3.8) is 0 Å². The minimum absolute atomic E-state index is 0.277. The lowest BCUT2D eigenvalue weighted by atomic mass is 9.76. The summed E-state index contributed by atoms with van der Waals surface area (Å²) in [6.45, 7) is 9.95. The molecule has 2 nitrogen and oxygen atoms in total. The molecule has 0 unspecified atom stereocenters. The first kappa shape index (κ1) is 13.1. The van der Waals surface area contributed by atoms with Crippen molar-refractivity contribution in [2.24, 2.45) is 17.8 Å². The van der Waals surface area contributed by atoms with Crippen molar-refractivity contribution < 1.29 is 10.2 Å². The summed E-state index contributed by atoms with van der Waals surface area (Å²) < 4.78 is 0. The van der Waals surface area contributed by atoms with E-state index < -0.39 is 11.2 Å². The molecule has 2 fully saturated rings. The van der Waals surface area contributed by atoms with Gasteiger partial charge < -0.3 is 10.2 Å². The smallest absolute Gasteiger partial charge is 0.0653 e. The molecule has 0 aromatic carbocycles. The normalized spacial score (nSPS) is 43.4. The van der Waals surface area contributed by atoms with Gasteiger partial charge in [0.1, 0.15) is 0 Å². The summed E-state index contributed by atoms with van der Waals surface area (Å²) in [5.41, 5.74) is 0.0782. The maximum Gasteiger partial charge on any atom is 0.0653 e. The van der Waals surface area contributed by atoms with Crippen LogP contribution in [-0.4, -0.2) is 21.4 Å². The first-order chi connectivity index (χ1) is 7.72. The Bertz CT molecular complexity index is 311. The number of hydrogen-bond donors (Lipinski definition) is 2. The van der Waals surface area contributed by atoms with Crippen LogP contribution < -0.4 is 0 Å². The number of hydrogen-bond acceptors (Lipinski definition) is 2. The zero-order chi connectivity index (χ0) is 12.8. The van der Waals surface area contributed by atoms with Gasteiger partial charge in [0.15, 0.2) is 0 Å². The average molecular weight is 238 g/mol. The van der Waals surface area contributed by atoms with E-state index in [0.29, 0.717) is 5.92 Å². The first-order valence-electron chi connectivity index (χ1n) is 6.84. The molecule has 98 valence electrons. The van der Waals surface area contributed by atoms with E-state index in [-0.39, 0.29) is 11.8 Å². The third kappa shape index (κ3) is 2.43. The Balaban J connectivity index is 2.24. The van der Waals surface area contributed by atoms with E-state index in [1.807, 2.05) is 20.8 Å². The van der Waals surface area contributed by atoms with E-state index in [4.69, 9.17) is 0 Å². The van der Waals surface area contributed by atoms with Gasteiger partial charge in [-0.05, 0) is 70.6 Å². The van der Waals surface area contributed by atoms with Crippen molar-refractivity contribution in [2.75, 3.05) is 0 Å². The molecule has 0 spiro atoms. The molecule has 2 saturated carbocycles. The highest BCUT2D eigenvalue weighted by atomic mass is 16.3. The standard InChI is InChI=1S/C15H26O2/c1-10-5-6-11(14(2,3)16)9-13-12(10)7-8-15(13,4)17/h11-13,16-17H,1,5-9H2,2-4H3/t11-,12+,13-,15-/m0/s1. The summed E-state index contributed by atoms with van der Waals surface area (Å²) in [6.07, 6.45) is 4.88. The van der Waals surface area contributed by atoms with Gasteiger partial charge in [-0.3, -0.25) is 0 Å². The largest absolute Gasteiger partial charge is 0.390 e. The van der Waals surface area contributed by atoms with E-state index in [1.54, 1.807) is 0 Å². The van der Waals surface area contributed by atoms with Crippen LogP contribution in [0.1, 0.15) is 52.9 Å². The fourth-order valence-corrected chi connectivity index (χ4v) is 3.79. The van der Waals surface area contributed by atoms with Gasteiger partial charge in [-0.15, -0.1) is 0 Å². The van der Waals surface area contributed by atoms with Crippen LogP contribution in [0.5, 0.6) is 0 Å². The second kappa shape index (κ2) is 4.10. The Hall–Kier alpha value is -0.340. The highest BCUT2D eigenvalue weighted by Crippen LogP contribution is 2.51. The van der Waals surface area contributed by atoms with E-state index >= 15 is 0 Å². The molecule has 4 atom stereocenters. The van der Waals surface area contributed by atoms with E-state index in [0.717, 1.165) is 32.1 Å². The summed E-state index contributed by atoms with van der Waals surface area (Å²) >= 11 is 0. The molecular formula is C15H26O2. The van der Waals surface area contributed by atoms with Crippen molar-refractivity contribution in [1.82, 2.24) is 0 Å². The second-order valence-electron chi connectivity index (χ2n) is 6.89. The highest BCUT2D eigenvalue weighted by Gasteiger charge is 2.48. The quantitative estimate of drug-likeness (QED) is 0.690. The Kier molecular flexibility index (Phi) is 3.16. The molecule has 0 amide bonds. The lowest BCUT2D eigenvalue weighted by Gasteiger charge is -2.35. The molecule has 0 bridgehead atoms. The van der Waals surface area contributed by atoms with Gasteiger partial charge >= 0.3 is 0 Å². The van der Waals surface area contributed by atoms with Gasteiger partial charge in [0, 0.05) is 0 Å². The van der Waals surface area contributed by atoms with Crippen LogP contribution in [-0.2, 0) is 0 Å². The predicted octanol–water partition coefficient (Wildman–Crippen LogP) is 2.89. The van der Waals surface area contributed by atoms with Crippen molar-refractivity contribution in [3.05, 3.63) is 12.2 Å². The van der Waals surface area contributed by atoms with Crippen LogP contribution in [0, 0.1) is 17.8 Å². The summed E-state index contributed by atoms with van der Waals surface area (Å²) in [4.78, 5) is 0. The molecule has 0 radical (unpaired) electrons. The summed E-state index contributed by atoms with van der Waals surface area (Å²) in [5.74, 6) is 1.03. The molecule has 17 heavy (non-hydrogen) atoms. The van der Waals surface area contributed by atoms with Crippen LogP contribution in [0.3, 0.4) is 0 Å². The Morgan fingerprint density at radius 3 is 2.59 bits per heavy atom. The fourth-order valence-electron chi connectivity index (χ4n) is 3.79. The van der Waals surface area contributed by atoms with Gasteiger partial charge in [-0.2, -0.15) is 0 Å². The average Bonchev–Trinajstić information content (AvgIpc) is 2.37. The summed E-state index contributed by atoms with van der Waals surface area (Å²) in [6, 6.07) is 0. The van der Waals surface area contributed by atoms with Gasteiger partial charge in [0.25, 0.3) is 0 Å². The minimum Gasteiger partial charge on any atom is -0.390 e. The SMILES string of the molecule is C=C1CC[C@H](C(C)(C)O)C[C@H]2[C@@H]1CC[C@]2(C)O. The van der Waals surface area contributed by atoms with E-state index in [1.165, 1.54) is 5.57 Å². The third-order valence-electron chi connectivity index (χ3n) is 5.12. The number of aliphatic hydroxyl groups is 2. The number of allylic oxidation sites excluding steroid dienone is 1. The van der Waals surface area contributed by atoms with Crippen molar-refractivity contribution in [1.29, 1.82) is 0 Å². The maximum absolute atomic E-state index is 10.5. The fraction of sp³-hybridized carbons (Fsp3) is 0.867. The Morgan fingerprint density at radius 2 is 2.00 bits per heavy atom. The van der Waals surface area contributed by atoms with Gasteiger partial charge in [-0.1, -0.05) is 12.2 Å². The molecule has 0 aromatic heterocycles. The van der Waals surface area contributed by atoms with Gasteiger partial charge in [0.05, 0.1) is 11.2 Å². The molecule has 0 aliphatic heterocycles. The van der Waals surface area contributed by atoms with E-state index in [2.05, 4.69) is 6.58 Å². The van der Waals surface area contributed by atoms with Crippen molar-refractivity contribution >= 4 is 0 Å². The number of fused-ring (bicyclic) bond motifs is 1. The van der Waals surface area contributed by atoms with Gasteiger partial charge in [-0.25, -0.2) is 0 Å². The molecular weight excluding hydrogens is 212 g/mol. The molecule has 0 heterocycles. The topological polar surface area (TPSA) is 40.5 Å². The minimum atomic E-state index is -0.645. The lowest BCUT2D eigenvalue weighted by Crippen LogP contribution is -2.37. The molecule has 2 aliphatic carbocycles. The van der Waals surface area contributed by atoms with Crippen molar-refractivity contribution in [3.8, 4) is 0 Å². The van der Waals surface area contributed by atoms with E-state index in [9.17, 15) is 10.2 Å². The zero-order valence-corrected chi connectivity index (χ0v) is 11.4. The Morgan fingerprint density at radius 1 is 1.35 bits per heavy atom. The summed E-state index contributed by atoms with van der Waals surface area (Å²) in [5, 5.41) is 20.7. The maximum atomic E-state index is 10.5. The monoisotopic (exact) mass is 238 g/mol. The van der Waals surface area contributed by atoms with Crippen LogP contribution in [0.25, 0.3) is 0 Å². The predicted molar refractivity (Wildman–Crippen MR) is 69.6 cm³/mol. The highest BCUT2D eigenvalue weighted by molar-refractivity contribution is 5.13. The van der Waals surface area contributed by atoms with Gasteiger partial charge in [0.2, 0.25) is 0 Å². The van der Waals surface area contributed by atoms with Crippen LogP contribution >= 0.6 is 0 Å².